The first-order valence-electron chi connectivity index (χ1n) is 8.01. The molecule has 1 unspecified atom stereocenters. The van der Waals surface area contributed by atoms with Crippen LogP contribution in [-0.2, 0) is 19.1 Å². The highest BCUT2D eigenvalue weighted by atomic mass is 16.6. The van der Waals surface area contributed by atoms with E-state index in [0.29, 0.717) is 12.0 Å². The molecule has 0 amide bonds. The van der Waals surface area contributed by atoms with E-state index in [9.17, 15) is 14.7 Å². The normalized spacial score (nSPS) is 47.5. The van der Waals surface area contributed by atoms with Gasteiger partial charge in [0.2, 0.25) is 0 Å². The van der Waals surface area contributed by atoms with Gasteiger partial charge in [-0.1, -0.05) is 20.4 Å². The minimum absolute atomic E-state index is 0.240. The Labute approximate surface area is 130 Å². The summed E-state index contributed by atoms with van der Waals surface area (Å²) >= 11 is 0. The predicted octanol–water partition coefficient (Wildman–Crippen LogP) is 1.83. The summed E-state index contributed by atoms with van der Waals surface area (Å²) in [5.74, 6) is -0.641. The largest absolute Gasteiger partial charge is 0.461 e. The summed E-state index contributed by atoms with van der Waals surface area (Å²) in [5.41, 5.74) is -0.203. The first kappa shape index (κ1) is 15.5. The highest BCUT2D eigenvalue weighted by Crippen LogP contribution is 2.57. The van der Waals surface area contributed by atoms with Crippen molar-refractivity contribution in [2.75, 3.05) is 0 Å². The molecular weight excluding hydrogens is 284 g/mol. The Kier molecular flexibility index (Phi) is 3.59. The van der Waals surface area contributed by atoms with E-state index in [1.54, 1.807) is 0 Å². The van der Waals surface area contributed by atoms with Crippen LogP contribution in [0, 0.1) is 23.2 Å². The number of aliphatic hydroxyl groups is 1. The van der Waals surface area contributed by atoms with Gasteiger partial charge in [0.1, 0.15) is 12.2 Å². The third kappa shape index (κ3) is 2.02. The standard InChI is InChI=1S/C17H24O5/c1-8-7-12-14(9(2)16(20)22-12)15(21-10(3)18)17(4)11(8)5-6-13(17)19/h8,11-15,19H,2,5-7H2,1,3-4H3/t8-,11+,12+,13?,14-,15+,17+/m1/s1. The third-order valence-corrected chi connectivity index (χ3v) is 6.11. The number of hydrogen-bond acceptors (Lipinski definition) is 5. The summed E-state index contributed by atoms with van der Waals surface area (Å²) in [6.07, 6.45) is 0.889. The molecule has 3 rings (SSSR count). The first-order valence-corrected chi connectivity index (χ1v) is 8.01. The van der Waals surface area contributed by atoms with Crippen molar-refractivity contribution in [2.24, 2.45) is 23.2 Å². The van der Waals surface area contributed by atoms with E-state index < -0.39 is 29.6 Å². The third-order valence-electron chi connectivity index (χ3n) is 6.11. The molecule has 1 aliphatic heterocycles. The molecule has 0 radical (unpaired) electrons. The molecule has 0 aromatic rings. The van der Waals surface area contributed by atoms with Crippen molar-refractivity contribution in [3.8, 4) is 0 Å². The highest BCUT2D eigenvalue weighted by Gasteiger charge is 2.62. The van der Waals surface area contributed by atoms with Gasteiger partial charge in [-0.15, -0.1) is 0 Å². The van der Waals surface area contributed by atoms with Crippen LogP contribution in [0.15, 0.2) is 12.2 Å². The van der Waals surface area contributed by atoms with E-state index in [1.807, 2.05) is 6.92 Å². The molecule has 3 fully saturated rings. The van der Waals surface area contributed by atoms with Crippen LogP contribution < -0.4 is 0 Å². The summed E-state index contributed by atoms with van der Waals surface area (Å²) in [6, 6.07) is 0. The fourth-order valence-corrected chi connectivity index (χ4v) is 5.02. The summed E-state index contributed by atoms with van der Waals surface area (Å²) in [5, 5.41) is 10.6. The van der Waals surface area contributed by atoms with Gasteiger partial charge in [0.15, 0.2) is 0 Å². The van der Waals surface area contributed by atoms with Crippen LogP contribution in [0.5, 0.6) is 0 Å². The molecule has 0 aromatic carbocycles. The zero-order chi connectivity index (χ0) is 16.2. The van der Waals surface area contributed by atoms with Crippen molar-refractivity contribution in [3.05, 3.63) is 12.2 Å². The van der Waals surface area contributed by atoms with Gasteiger partial charge in [-0.25, -0.2) is 4.79 Å². The minimum atomic E-state index is -0.568. The summed E-state index contributed by atoms with van der Waals surface area (Å²) < 4.78 is 11.1. The van der Waals surface area contributed by atoms with E-state index >= 15 is 0 Å². The van der Waals surface area contributed by atoms with Crippen molar-refractivity contribution in [2.45, 2.75) is 58.3 Å². The number of esters is 2. The average molecular weight is 308 g/mol. The van der Waals surface area contributed by atoms with Crippen LogP contribution in [0.2, 0.25) is 0 Å². The van der Waals surface area contributed by atoms with Gasteiger partial charge >= 0.3 is 11.9 Å². The molecule has 1 N–H and O–H groups in total. The lowest BCUT2D eigenvalue weighted by Gasteiger charge is -2.43. The maximum atomic E-state index is 11.9. The molecule has 5 nitrogen and oxygen atoms in total. The van der Waals surface area contributed by atoms with Crippen molar-refractivity contribution in [3.63, 3.8) is 0 Å². The van der Waals surface area contributed by atoms with Gasteiger partial charge in [0.25, 0.3) is 0 Å². The quantitative estimate of drug-likeness (QED) is 0.591. The van der Waals surface area contributed by atoms with Gasteiger partial charge in [0.05, 0.1) is 12.0 Å². The minimum Gasteiger partial charge on any atom is -0.461 e. The summed E-state index contributed by atoms with van der Waals surface area (Å²) in [7, 11) is 0. The molecule has 2 aliphatic carbocycles. The van der Waals surface area contributed by atoms with Gasteiger partial charge in [-0.2, -0.15) is 0 Å². The molecule has 0 bridgehead atoms. The number of hydrogen-bond donors (Lipinski definition) is 1. The Balaban J connectivity index is 2.09. The lowest BCUT2D eigenvalue weighted by Crippen LogP contribution is -2.50. The predicted molar refractivity (Wildman–Crippen MR) is 78.7 cm³/mol. The Morgan fingerprint density at radius 3 is 2.77 bits per heavy atom. The van der Waals surface area contributed by atoms with Crippen LogP contribution in [0.25, 0.3) is 0 Å². The van der Waals surface area contributed by atoms with E-state index in [0.717, 1.165) is 12.8 Å². The maximum Gasteiger partial charge on any atom is 0.334 e. The Morgan fingerprint density at radius 1 is 1.45 bits per heavy atom. The zero-order valence-electron chi connectivity index (χ0n) is 13.4. The van der Waals surface area contributed by atoms with E-state index in [-0.39, 0.29) is 23.9 Å². The lowest BCUT2D eigenvalue weighted by molar-refractivity contribution is -0.167. The molecule has 1 saturated heterocycles. The monoisotopic (exact) mass is 308 g/mol. The summed E-state index contributed by atoms with van der Waals surface area (Å²) in [4.78, 5) is 23.6. The number of ether oxygens (including phenoxy) is 2. The average Bonchev–Trinajstić information content (AvgIpc) is 2.84. The van der Waals surface area contributed by atoms with Crippen molar-refractivity contribution in [1.29, 1.82) is 0 Å². The van der Waals surface area contributed by atoms with E-state index in [2.05, 4.69) is 13.5 Å². The van der Waals surface area contributed by atoms with Gasteiger partial charge in [-0.3, -0.25) is 4.79 Å². The van der Waals surface area contributed by atoms with Crippen molar-refractivity contribution < 1.29 is 24.2 Å². The van der Waals surface area contributed by atoms with Crippen LogP contribution >= 0.6 is 0 Å². The van der Waals surface area contributed by atoms with Crippen LogP contribution in [0.4, 0.5) is 0 Å². The smallest absolute Gasteiger partial charge is 0.334 e. The molecular formula is C17H24O5. The second kappa shape index (κ2) is 5.08. The van der Waals surface area contributed by atoms with Crippen LogP contribution in [0.3, 0.4) is 0 Å². The van der Waals surface area contributed by atoms with E-state index in [1.165, 1.54) is 6.92 Å². The topological polar surface area (TPSA) is 72.8 Å². The molecule has 0 spiro atoms. The molecule has 5 heteroatoms. The van der Waals surface area contributed by atoms with Gasteiger partial charge in [-0.05, 0) is 31.1 Å². The number of aliphatic hydroxyl groups excluding tert-OH is 1. The summed E-state index contributed by atoms with van der Waals surface area (Å²) in [6.45, 7) is 9.34. The Morgan fingerprint density at radius 2 is 2.14 bits per heavy atom. The number of carbonyl (C=O) groups excluding carboxylic acids is 2. The van der Waals surface area contributed by atoms with Crippen molar-refractivity contribution >= 4 is 11.9 Å². The highest BCUT2D eigenvalue weighted by molar-refractivity contribution is 5.91. The Hall–Kier alpha value is -1.36. The molecule has 7 atom stereocenters. The van der Waals surface area contributed by atoms with Crippen molar-refractivity contribution in [1.82, 2.24) is 0 Å². The fraction of sp³-hybridized carbons (Fsp3) is 0.765. The number of rotatable bonds is 1. The second-order valence-corrected chi connectivity index (χ2v) is 7.30. The van der Waals surface area contributed by atoms with Crippen LogP contribution in [0.1, 0.15) is 40.0 Å². The first-order chi connectivity index (χ1) is 10.3. The molecule has 3 aliphatic rings. The lowest BCUT2D eigenvalue weighted by atomic mass is 9.67. The zero-order valence-corrected chi connectivity index (χ0v) is 13.4. The van der Waals surface area contributed by atoms with Crippen LogP contribution in [-0.4, -0.2) is 35.4 Å². The molecule has 122 valence electrons. The molecule has 22 heavy (non-hydrogen) atoms. The maximum absolute atomic E-state index is 11.9. The Bertz CT molecular complexity index is 527. The molecule has 1 heterocycles. The number of fused-ring (bicyclic) bond motifs is 2. The second-order valence-electron chi connectivity index (χ2n) is 7.30. The van der Waals surface area contributed by atoms with Gasteiger partial charge < -0.3 is 14.6 Å². The molecule has 2 saturated carbocycles. The molecule has 0 aromatic heterocycles. The number of carbonyl (C=O) groups is 2. The SMILES string of the molecule is C=C1C(=O)O[C@H]2C[C@@H](C)[C@@H]3CCC(O)[C@@]3(C)[C@@H](OC(C)=O)[C@H]12. The van der Waals surface area contributed by atoms with E-state index in [4.69, 9.17) is 9.47 Å². The fourth-order valence-electron chi connectivity index (χ4n) is 5.02. The van der Waals surface area contributed by atoms with Gasteiger partial charge in [0, 0.05) is 17.9 Å².